The van der Waals surface area contributed by atoms with Crippen molar-refractivity contribution in [2.45, 2.75) is 44.9 Å². The smallest absolute Gasteiger partial charge is 0.254 e. The van der Waals surface area contributed by atoms with Gasteiger partial charge in [-0.1, -0.05) is 0 Å². The highest BCUT2D eigenvalue weighted by atomic mass is 16.5. The van der Waals surface area contributed by atoms with Gasteiger partial charge in [0.05, 0.1) is 14.2 Å². The minimum atomic E-state index is -0.0193. The van der Waals surface area contributed by atoms with Gasteiger partial charge in [0.1, 0.15) is 0 Å². The van der Waals surface area contributed by atoms with Crippen molar-refractivity contribution in [3.63, 3.8) is 0 Å². The third kappa shape index (κ3) is 3.90. The second kappa shape index (κ2) is 8.03. The number of carbonyl (C=O) groups excluding carboxylic acids is 2. The zero-order valence-electron chi connectivity index (χ0n) is 18.8. The van der Waals surface area contributed by atoms with Gasteiger partial charge in [-0.05, 0) is 79.9 Å². The number of hydrogen-bond donors (Lipinski definition) is 0. The molecule has 2 amide bonds. The largest absolute Gasteiger partial charge is 0.493 e. The van der Waals surface area contributed by atoms with Crippen molar-refractivity contribution in [3.8, 4) is 11.5 Å². The zero-order chi connectivity index (χ0) is 21.6. The topological polar surface area (TPSA) is 59.1 Å². The van der Waals surface area contributed by atoms with Crippen molar-refractivity contribution in [1.29, 1.82) is 0 Å². The molecule has 6 nitrogen and oxygen atoms in total. The monoisotopic (exact) mass is 426 g/mol. The summed E-state index contributed by atoms with van der Waals surface area (Å²) in [5.41, 5.74) is 0.865. The quantitative estimate of drug-likeness (QED) is 0.722. The van der Waals surface area contributed by atoms with Gasteiger partial charge in [-0.25, -0.2) is 0 Å². The molecule has 6 rings (SSSR count). The molecule has 5 fully saturated rings. The molecule has 0 aromatic heterocycles. The minimum Gasteiger partial charge on any atom is -0.493 e. The Morgan fingerprint density at radius 2 is 1.42 bits per heavy atom. The van der Waals surface area contributed by atoms with E-state index < -0.39 is 0 Å². The number of amides is 2. The van der Waals surface area contributed by atoms with Crippen LogP contribution in [0, 0.1) is 23.2 Å². The van der Waals surface area contributed by atoms with Gasteiger partial charge in [0, 0.05) is 38.2 Å². The van der Waals surface area contributed by atoms with E-state index in [2.05, 4.69) is 0 Å². The lowest BCUT2D eigenvalue weighted by atomic mass is 9.49. The van der Waals surface area contributed by atoms with Gasteiger partial charge in [0.25, 0.3) is 5.91 Å². The molecule has 0 atom stereocenters. The average Bonchev–Trinajstić information content (AvgIpc) is 2.77. The second-order valence-electron chi connectivity index (χ2n) is 10.3. The first kappa shape index (κ1) is 20.7. The molecule has 1 aliphatic heterocycles. The Hall–Kier alpha value is -2.24. The Bertz CT molecular complexity index is 824. The number of ether oxygens (including phenoxy) is 2. The van der Waals surface area contributed by atoms with Gasteiger partial charge < -0.3 is 19.3 Å². The van der Waals surface area contributed by atoms with E-state index in [1.54, 1.807) is 32.4 Å². The van der Waals surface area contributed by atoms with Crippen LogP contribution in [0.25, 0.3) is 0 Å². The Balaban J connectivity index is 1.18. The molecule has 1 aromatic rings. The molecule has 0 spiro atoms. The summed E-state index contributed by atoms with van der Waals surface area (Å²) in [5.74, 6) is 4.06. The average molecular weight is 427 g/mol. The normalized spacial score (nSPS) is 31.6. The molecule has 1 saturated heterocycles. The van der Waals surface area contributed by atoms with E-state index in [9.17, 15) is 9.59 Å². The van der Waals surface area contributed by atoms with Gasteiger partial charge in [-0.2, -0.15) is 0 Å². The molecule has 0 N–H and O–H groups in total. The van der Waals surface area contributed by atoms with Crippen molar-refractivity contribution in [1.82, 2.24) is 9.80 Å². The summed E-state index contributed by atoms with van der Waals surface area (Å²) >= 11 is 0. The maximum Gasteiger partial charge on any atom is 0.254 e. The van der Waals surface area contributed by atoms with Crippen LogP contribution >= 0.6 is 0 Å². The number of carbonyl (C=O) groups is 2. The SMILES string of the molecule is COc1ccc(C(=O)N2CCN(C(=O)CC34CC5CC(CC(C5)C3)C4)CC2)cc1OC. The highest BCUT2D eigenvalue weighted by Gasteiger charge is 2.51. The molecular formula is C25H34N2O4. The summed E-state index contributed by atoms with van der Waals surface area (Å²) in [6, 6.07) is 5.26. The predicted molar refractivity (Wildman–Crippen MR) is 117 cm³/mol. The van der Waals surface area contributed by atoms with E-state index >= 15 is 0 Å². The molecule has 1 aromatic carbocycles. The van der Waals surface area contributed by atoms with Crippen molar-refractivity contribution >= 4 is 11.8 Å². The first-order valence-electron chi connectivity index (χ1n) is 11.8. The lowest BCUT2D eigenvalue weighted by molar-refractivity contribution is -0.141. The lowest BCUT2D eigenvalue weighted by Gasteiger charge is -2.57. The highest BCUT2D eigenvalue weighted by molar-refractivity contribution is 5.95. The van der Waals surface area contributed by atoms with Crippen molar-refractivity contribution in [2.24, 2.45) is 23.2 Å². The van der Waals surface area contributed by atoms with Gasteiger partial charge in [-0.3, -0.25) is 9.59 Å². The number of benzene rings is 1. The third-order valence-corrected chi connectivity index (χ3v) is 8.24. The molecule has 1 heterocycles. The summed E-state index contributed by atoms with van der Waals surface area (Å²) < 4.78 is 10.6. The van der Waals surface area contributed by atoms with Crippen LogP contribution in [0.15, 0.2) is 18.2 Å². The van der Waals surface area contributed by atoms with Crippen LogP contribution in [-0.2, 0) is 4.79 Å². The van der Waals surface area contributed by atoms with Crippen molar-refractivity contribution in [3.05, 3.63) is 23.8 Å². The van der Waals surface area contributed by atoms with E-state index in [1.807, 2.05) is 9.80 Å². The third-order valence-electron chi connectivity index (χ3n) is 8.24. The number of piperazine rings is 1. The van der Waals surface area contributed by atoms with E-state index in [4.69, 9.17) is 9.47 Å². The molecule has 31 heavy (non-hydrogen) atoms. The number of hydrogen-bond acceptors (Lipinski definition) is 4. The summed E-state index contributed by atoms with van der Waals surface area (Å²) in [6.07, 6.45) is 8.74. The van der Waals surface area contributed by atoms with Gasteiger partial charge in [0.2, 0.25) is 5.91 Å². The van der Waals surface area contributed by atoms with Crippen LogP contribution in [0.1, 0.15) is 55.3 Å². The first-order valence-corrected chi connectivity index (χ1v) is 11.8. The summed E-state index contributed by atoms with van der Waals surface area (Å²) in [7, 11) is 3.15. The molecular weight excluding hydrogens is 392 g/mol. The molecule has 5 aliphatic rings. The molecule has 4 bridgehead atoms. The summed E-state index contributed by atoms with van der Waals surface area (Å²) in [5, 5.41) is 0. The molecule has 6 heteroatoms. The van der Waals surface area contributed by atoms with Crippen molar-refractivity contribution < 1.29 is 19.1 Å². The van der Waals surface area contributed by atoms with E-state index in [0.29, 0.717) is 49.1 Å². The fourth-order valence-electron chi connectivity index (χ4n) is 7.25. The number of rotatable bonds is 5. The van der Waals surface area contributed by atoms with Crippen LogP contribution in [0.3, 0.4) is 0 Å². The second-order valence-corrected chi connectivity index (χ2v) is 10.3. The molecule has 4 saturated carbocycles. The van der Waals surface area contributed by atoms with E-state index in [1.165, 1.54) is 38.5 Å². The summed E-state index contributed by atoms with van der Waals surface area (Å²) in [6.45, 7) is 2.42. The Morgan fingerprint density at radius 3 is 1.97 bits per heavy atom. The maximum absolute atomic E-state index is 13.2. The summed E-state index contributed by atoms with van der Waals surface area (Å²) in [4.78, 5) is 30.0. The van der Waals surface area contributed by atoms with Crippen LogP contribution in [0.2, 0.25) is 0 Å². The minimum absolute atomic E-state index is 0.0193. The Kier molecular flexibility index (Phi) is 5.35. The van der Waals surface area contributed by atoms with Crippen LogP contribution in [0.5, 0.6) is 11.5 Å². The van der Waals surface area contributed by atoms with Gasteiger partial charge >= 0.3 is 0 Å². The molecule has 168 valence electrons. The Labute approximate surface area is 184 Å². The van der Waals surface area contributed by atoms with Crippen LogP contribution in [-0.4, -0.2) is 62.0 Å². The number of nitrogens with zero attached hydrogens (tertiary/aromatic N) is 2. The van der Waals surface area contributed by atoms with E-state index in [0.717, 1.165) is 24.2 Å². The lowest BCUT2D eigenvalue weighted by Crippen LogP contribution is -2.53. The van der Waals surface area contributed by atoms with E-state index in [-0.39, 0.29) is 11.3 Å². The van der Waals surface area contributed by atoms with Gasteiger partial charge in [-0.15, -0.1) is 0 Å². The molecule has 0 unspecified atom stereocenters. The highest BCUT2D eigenvalue weighted by Crippen LogP contribution is 2.61. The number of methoxy groups -OCH3 is 2. The maximum atomic E-state index is 13.2. The molecule has 4 aliphatic carbocycles. The van der Waals surface area contributed by atoms with Crippen LogP contribution < -0.4 is 9.47 Å². The first-order chi connectivity index (χ1) is 15.0. The van der Waals surface area contributed by atoms with Crippen molar-refractivity contribution in [2.75, 3.05) is 40.4 Å². The standard InChI is InChI=1S/C25H34N2O4/c1-30-21-4-3-20(12-22(21)31-2)24(29)27-7-5-26(6-8-27)23(28)16-25-13-17-9-18(14-25)11-19(10-17)15-25/h3-4,12,17-19H,5-11,13-16H2,1-2H3. The predicted octanol–water partition coefficient (Wildman–Crippen LogP) is 3.59. The fourth-order valence-corrected chi connectivity index (χ4v) is 7.25. The Morgan fingerprint density at radius 1 is 0.871 bits per heavy atom. The van der Waals surface area contributed by atoms with Crippen LogP contribution in [0.4, 0.5) is 0 Å². The zero-order valence-corrected chi connectivity index (χ0v) is 18.8. The molecule has 0 radical (unpaired) electrons. The van der Waals surface area contributed by atoms with Gasteiger partial charge in [0.15, 0.2) is 11.5 Å². The fraction of sp³-hybridized carbons (Fsp3) is 0.680.